The summed E-state index contributed by atoms with van der Waals surface area (Å²) >= 11 is 0. The van der Waals surface area contributed by atoms with Crippen LogP contribution in [0.1, 0.15) is 17.3 Å². The van der Waals surface area contributed by atoms with Crippen molar-refractivity contribution in [1.29, 1.82) is 5.41 Å². The van der Waals surface area contributed by atoms with E-state index in [-0.39, 0.29) is 33.5 Å². The number of carboxylic acid groups (broad SMARTS) is 1. The summed E-state index contributed by atoms with van der Waals surface area (Å²) in [4.78, 5) is 20.0. The Labute approximate surface area is 227 Å². The van der Waals surface area contributed by atoms with Gasteiger partial charge in [-0.3, -0.25) is 19.3 Å². The Morgan fingerprint density at radius 3 is 2.15 bits per heavy atom. The predicted molar refractivity (Wildman–Crippen MR) is 143 cm³/mol. The largest absolute Gasteiger partial charge is 0.478 e. The number of nitrogen functional groups attached to an aromatic ring is 1. The smallest absolute Gasteiger partial charge is 0.336 e. The van der Waals surface area contributed by atoms with Gasteiger partial charge in [-0.1, -0.05) is 24.1 Å². The molecule has 15 heteroatoms. The Morgan fingerprint density at radius 2 is 1.62 bits per heavy atom. The van der Waals surface area contributed by atoms with Gasteiger partial charge in [0.05, 0.1) is 23.2 Å². The lowest BCUT2D eigenvalue weighted by molar-refractivity contribution is -0.118. The third-order valence-corrected chi connectivity index (χ3v) is 7.24. The molecule has 4 rings (SSSR count). The van der Waals surface area contributed by atoms with Gasteiger partial charge in [0.25, 0.3) is 20.2 Å². The number of terminal acetylenes is 1. The fourth-order valence-electron chi connectivity index (χ4n) is 3.86. The second-order valence-corrected chi connectivity index (χ2v) is 10.8. The molecular weight excluding hydrogens is 566 g/mol. The lowest BCUT2D eigenvalue weighted by atomic mass is 9.90. The zero-order valence-corrected chi connectivity index (χ0v) is 22.1. The average Bonchev–Trinajstić information content (AvgIpc) is 2.84. The Morgan fingerprint density at radius 1 is 1.00 bits per heavy atom. The summed E-state index contributed by atoms with van der Waals surface area (Å²) in [7, 11) is -10.1. The Hall–Kier alpha value is -4.75. The summed E-state index contributed by atoms with van der Waals surface area (Å²) in [5, 5.41) is 19.4. The minimum atomic E-state index is -5.05. The van der Waals surface area contributed by atoms with Crippen LogP contribution in [0.25, 0.3) is 33.4 Å². The van der Waals surface area contributed by atoms with Gasteiger partial charge < -0.3 is 20.6 Å². The number of hydrogen-bond acceptors (Lipinski definition) is 9. The van der Waals surface area contributed by atoms with Crippen LogP contribution in [0.15, 0.2) is 62.7 Å². The molecule has 0 radical (unpaired) electrons. The van der Waals surface area contributed by atoms with Gasteiger partial charge in [-0.15, -0.1) is 6.42 Å². The number of rotatable bonds is 5. The number of nitrogens with one attached hydrogen (secondary N) is 2. The van der Waals surface area contributed by atoms with E-state index in [9.17, 15) is 40.6 Å². The first-order valence-electron chi connectivity index (χ1n) is 10.9. The van der Waals surface area contributed by atoms with Gasteiger partial charge in [0.15, 0.2) is 21.1 Å². The minimum Gasteiger partial charge on any atom is -0.478 e. The van der Waals surface area contributed by atoms with E-state index in [1.807, 2.05) is 0 Å². The van der Waals surface area contributed by atoms with Crippen LogP contribution in [-0.4, -0.2) is 49.5 Å². The number of carbonyl (C=O) groups excluding carboxylic acids is 1. The van der Waals surface area contributed by atoms with Gasteiger partial charge in [-0.25, -0.2) is 4.79 Å². The zero-order valence-electron chi connectivity index (χ0n) is 20.5. The number of aromatic carboxylic acids is 1. The first-order valence-corrected chi connectivity index (χ1v) is 13.8. The van der Waals surface area contributed by atoms with E-state index in [1.165, 1.54) is 43.3 Å². The Kier molecular flexibility index (Phi) is 8.31. The van der Waals surface area contributed by atoms with Gasteiger partial charge in [-0.2, -0.15) is 16.8 Å². The lowest BCUT2D eigenvalue weighted by Gasteiger charge is -2.19. The third-order valence-electron chi connectivity index (χ3n) is 5.38. The molecule has 0 unspecified atom stereocenters. The monoisotopic (exact) mass is 587 g/mol. The molecule has 0 bridgehead atoms. The predicted octanol–water partition coefficient (Wildman–Crippen LogP) is 2.21. The number of carboxylic acids is 1. The van der Waals surface area contributed by atoms with Crippen LogP contribution in [0.4, 0.5) is 5.69 Å². The maximum atomic E-state index is 12.1. The maximum Gasteiger partial charge on any atom is 0.336 e. The minimum absolute atomic E-state index is 0.0166. The highest BCUT2D eigenvalue weighted by Crippen LogP contribution is 2.45. The molecule has 1 aliphatic heterocycles. The number of amides is 1. The first kappa shape index (κ1) is 29.8. The van der Waals surface area contributed by atoms with Gasteiger partial charge >= 0.3 is 5.97 Å². The molecule has 13 nitrogen and oxygen atoms in total. The molecule has 7 N–H and O–H groups in total. The van der Waals surface area contributed by atoms with Gasteiger partial charge in [0, 0.05) is 23.4 Å². The molecule has 0 saturated carbocycles. The molecule has 0 spiro atoms. The molecule has 2 aromatic rings. The van der Waals surface area contributed by atoms with E-state index in [0.717, 1.165) is 12.1 Å². The Balaban J connectivity index is 0.000000559. The summed E-state index contributed by atoms with van der Waals surface area (Å²) in [6, 6.07) is 10.4. The second-order valence-electron chi connectivity index (χ2n) is 8.07. The van der Waals surface area contributed by atoms with E-state index >= 15 is 0 Å². The molecule has 1 aliphatic carbocycles. The van der Waals surface area contributed by atoms with Crippen molar-refractivity contribution < 1.29 is 45.1 Å². The van der Waals surface area contributed by atoms with E-state index in [1.54, 1.807) is 0 Å². The first-order chi connectivity index (χ1) is 18.6. The summed E-state index contributed by atoms with van der Waals surface area (Å²) in [5.41, 5.74) is 4.56. The number of benzene rings is 3. The van der Waals surface area contributed by atoms with Gasteiger partial charge in [0.1, 0.15) is 0 Å². The highest BCUT2D eigenvalue weighted by atomic mass is 32.2. The van der Waals surface area contributed by atoms with Crippen LogP contribution >= 0.6 is 0 Å². The normalized spacial score (nSPS) is 11.3. The molecule has 1 heterocycles. The van der Waals surface area contributed by atoms with Crippen LogP contribution in [0.3, 0.4) is 0 Å². The van der Waals surface area contributed by atoms with Crippen molar-refractivity contribution in [2.24, 2.45) is 0 Å². The van der Waals surface area contributed by atoms with Crippen molar-refractivity contribution in [3.05, 3.63) is 59.5 Å². The number of carbonyl (C=O) groups is 2. The maximum absolute atomic E-state index is 12.1. The number of nitrogens with two attached hydrogens (primary N) is 1. The van der Waals surface area contributed by atoms with E-state index in [2.05, 4.69) is 11.2 Å². The summed E-state index contributed by atoms with van der Waals surface area (Å²) in [6.45, 7) is 1.76. The quantitative estimate of drug-likeness (QED) is 0.0856. The molecule has 2 aliphatic rings. The lowest BCUT2D eigenvalue weighted by Crippen LogP contribution is -2.19. The van der Waals surface area contributed by atoms with Crippen LogP contribution in [0.2, 0.25) is 0 Å². The molecule has 0 atom stereocenters. The van der Waals surface area contributed by atoms with Gasteiger partial charge in [0.2, 0.25) is 5.91 Å². The summed E-state index contributed by atoms with van der Waals surface area (Å²) in [5.74, 6) is 0.231. The van der Waals surface area contributed by atoms with Crippen molar-refractivity contribution in [2.45, 2.75) is 16.7 Å². The SMILES string of the molecule is C#CCNC(C)=O.N=c1ccc2c(-c3ccccc3C(=O)O)c3ccc(N)c(S(=O)(=O)O)c3oc-2c1S(=O)(=O)O. The third kappa shape index (κ3) is 5.95. The standard InChI is InChI=1S/C20H14N2O9S2.C5H7NO/c21-13-7-5-11-15(9-3-1-2-4-10(9)20(23)24)12-6-8-14(22)19(33(28,29)30)17(12)31-16(11)18(13)32(25,26)27;1-3-4-6-5(2)7/h1-8,21H,22H2,(H,23,24)(H,25,26,27)(H,28,29,30);1H,4H2,2H3,(H,6,7). The summed E-state index contributed by atoms with van der Waals surface area (Å²) < 4.78 is 73.4. The van der Waals surface area contributed by atoms with Crippen molar-refractivity contribution in [2.75, 3.05) is 12.3 Å². The van der Waals surface area contributed by atoms with Crippen molar-refractivity contribution >= 4 is 48.8 Å². The van der Waals surface area contributed by atoms with E-state index in [4.69, 9.17) is 22.0 Å². The highest BCUT2D eigenvalue weighted by Gasteiger charge is 2.31. The topological polar surface area (TPSA) is 238 Å². The van der Waals surface area contributed by atoms with E-state index < -0.39 is 58.4 Å². The number of fused-ring (bicyclic) bond motifs is 2. The van der Waals surface area contributed by atoms with Crippen LogP contribution in [0.5, 0.6) is 0 Å². The average molecular weight is 588 g/mol. The van der Waals surface area contributed by atoms with Crippen LogP contribution in [0, 0.1) is 17.8 Å². The molecular formula is C25H21N3O10S2. The number of anilines is 1. The number of hydrogen-bond donors (Lipinski definition) is 6. The highest BCUT2D eigenvalue weighted by molar-refractivity contribution is 7.86. The molecule has 40 heavy (non-hydrogen) atoms. The summed E-state index contributed by atoms with van der Waals surface area (Å²) in [6.07, 6.45) is 4.81. The molecule has 1 amide bonds. The molecule has 0 saturated heterocycles. The van der Waals surface area contributed by atoms with Crippen LogP contribution < -0.4 is 16.4 Å². The van der Waals surface area contributed by atoms with Crippen LogP contribution in [-0.2, 0) is 25.0 Å². The second kappa shape index (κ2) is 11.2. The van der Waals surface area contributed by atoms with Crippen molar-refractivity contribution in [1.82, 2.24) is 5.32 Å². The van der Waals surface area contributed by atoms with Crippen molar-refractivity contribution in [3.8, 4) is 34.8 Å². The molecule has 0 aromatic heterocycles. The zero-order chi connectivity index (χ0) is 30.0. The molecule has 208 valence electrons. The Bertz CT molecular complexity index is 1960. The fourth-order valence-corrected chi connectivity index (χ4v) is 5.34. The molecule has 2 aromatic carbocycles. The van der Waals surface area contributed by atoms with E-state index in [0.29, 0.717) is 6.54 Å². The van der Waals surface area contributed by atoms with Crippen molar-refractivity contribution in [3.63, 3.8) is 0 Å². The fraction of sp³-hybridized carbons (Fsp3) is 0.0800. The van der Waals surface area contributed by atoms with Gasteiger partial charge in [-0.05, 0) is 35.9 Å². The molecule has 0 fully saturated rings.